The molecule has 0 bridgehead atoms. The molecular formula is C15H32IN3O. The summed E-state index contributed by atoms with van der Waals surface area (Å²) in [5.41, 5.74) is 0.306. The lowest BCUT2D eigenvalue weighted by molar-refractivity contribution is 0.203. The van der Waals surface area contributed by atoms with E-state index in [1.807, 2.05) is 0 Å². The molecule has 1 aliphatic rings. The van der Waals surface area contributed by atoms with E-state index in [0.717, 1.165) is 31.5 Å². The van der Waals surface area contributed by atoms with E-state index in [1.165, 1.54) is 25.7 Å². The second-order valence-electron chi connectivity index (χ2n) is 6.08. The Balaban J connectivity index is 0.00000361. The molecule has 0 radical (unpaired) electrons. The van der Waals surface area contributed by atoms with Gasteiger partial charge in [-0.1, -0.05) is 26.7 Å². The van der Waals surface area contributed by atoms with E-state index in [1.54, 1.807) is 7.11 Å². The number of guanidine groups is 1. The highest BCUT2D eigenvalue weighted by atomic mass is 127. The first-order valence-corrected chi connectivity index (χ1v) is 7.61. The smallest absolute Gasteiger partial charge is 0.191 e. The molecule has 0 aromatic rings. The van der Waals surface area contributed by atoms with Crippen LogP contribution in [0.1, 0.15) is 46.5 Å². The van der Waals surface area contributed by atoms with Crippen LogP contribution in [0.3, 0.4) is 0 Å². The number of halogens is 1. The average Bonchev–Trinajstić information content (AvgIpc) is 2.91. The lowest BCUT2D eigenvalue weighted by Crippen LogP contribution is -2.40. The van der Waals surface area contributed by atoms with Gasteiger partial charge in [-0.15, -0.1) is 24.0 Å². The van der Waals surface area contributed by atoms with Crippen LogP contribution in [0.25, 0.3) is 0 Å². The minimum Gasteiger partial charge on any atom is -0.383 e. The summed E-state index contributed by atoms with van der Waals surface area (Å²) < 4.78 is 5.05. The van der Waals surface area contributed by atoms with E-state index in [2.05, 4.69) is 31.4 Å². The Morgan fingerprint density at radius 3 is 2.45 bits per heavy atom. The highest BCUT2D eigenvalue weighted by Crippen LogP contribution is 2.39. The van der Waals surface area contributed by atoms with Crippen LogP contribution in [0.4, 0.5) is 0 Å². The maximum atomic E-state index is 5.05. The molecule has 120 valence electrons. The van der Waals surface area contributed by atoms with Crippen LogP contribution in [-0.4, -0.2) is 39.3 Å². The summed E-state index contributed by atoms with van der Waals surface area (Å²) in [4.78, 5) is 4.74. The highest BCUT2D eigenvalue weighted by Gasteiger charge is 2.31. The molecule has 0 amide bonds. The van der Waals surface area contributed by atoms with Gasteiger partial charge in [0, 0.05) is 26.7 Å². The maximum absolute atomic E-state index is 5.05. The molecule has 5 heteroatoms. The first-order chi connectivity index (χ1) is 9.10. The fraction of sp³-hybridized carbons (Fsp3) is 0.933. The normalized spacial score (nSPS) is 16.9. The molecule has 0 atom stereocenters. The Hall–Kier alpha value is -0.0400. The zero-order chi connectivity index (χ0) is 14.1. The Bertz CT molecular complexity index is 276. The third-order valence-corrected chi connectivity index (χ3v) is 4.05. The van der Waals surface area contributed by atoms with Crippen molar-refractivity contribution in [1.82, 2.24) is 10.6 Å². The van der Waals surface area contributed by atoms with Crippen LogP contribution in [0, 0.1) is 11.3 Å². The van der Waals surface area contributed by atoms with Gasteiger partial charge in [0.05, 0.1) is 6.61 Å². The lowest BCUT2D eigenvalue weighted by Gasteiger charge is -2.30. The third-order valence-electron chi connectivity index (χ3n) is 4.05. The minimum absolute atomic E-state index is 0. The van der Waals surface area contributed by atoms with E-state index >= 15 is 0 Å². The van der Waals surface area contributed by atoms with E-state index in [-0.39, 0.29) is 24.0 Å². The predicted molar refractivity (Wildman–Crippen MR) is 97.0 cm³/mol. The second kappa shape index (κ2) is 10.7. The molecule has 0 aromatic carbocycles. The maximum Gasteiger partial charge on any atom is 0.191 e. The molecule has 0 saturated heterocycles. The summed E-state index contributed by atoms with van der Waals surface area (Å²) in [6.45, 7) is 10.1. The molecule has 1 rings (SSSR count). The van der Waals surface area contributed by atoms with Gasteiger partial charge in [-0.25, -0.2) is 0 Å². The molecule has 1 aliphatic carbocycles. The van der Waals surface area contributed by atoms with E-state index in [4.69, 9.17) is 9.73 Å². The molecule has 1 fully saturated rings. The zero-order valence-corrected chi connectivity index (χ0v) is 15.8. The van der Waals surface area contributed by atoms with E-state index in [0.29, 0.717) is 12.0 Å². The van der Waals surface area contributed by atoms with Gasteiger partial charge in [0.25, 0.3) is 0 Å². The predicted octanol–water partition coefficient (Wildman–Crippen LogP) is 3.02. The third kappa shape index (κ3) is 7.11. The number of aliphatic imine (C=N–C) groups is 1. The van der Waals surface area contributed by atoms with Crippen LogP contribution in [-0.2, 0) is 4.74 Å². The van der Waals surface area contributed by atoms with Gasteiger partial charge >= 0.3 is 0 Å². The van der Waals surface area contributed by atoms with E-state index < -0.39 is 0 Å². The summed E-state index contributed by atoms with van der Waals surface area (Å²) in [5.74, 6) is 1.74. The Labute approximate surface area is 141 Å². The van der Waals surface area contributed by atoms with Crippen molar-refractivity contribution in [3.05, 3.63) is 0 Å². The zero-order valence-electron chi connectivity index (χ0n) is 13.5. The van der Waals surface area contributed by atoms with Gasteiger partial charge in [-0.05, 0) is 31.1 Å². The largest absolute Gasteiger partial charge is 0.383 e. The molecule has 4 nitrogen and oxygen atoms in total. The van der Waals surface area contributed by atoms with Crippen molar-refractivity contribution in [3.63, 3.8) is 0 Å². The van der Waals surface area contributed by atoms with Gasteiger partial charge in [-0.3, -0.25) is 4.99 Å². The van der Waals surface area contributed by atoms with Crippen LogP contribution in [0.15, 0.2) is 4.99 Å². The van der Waals surface area contributed by atoms with Crippen molar-refractivity contribution in [3.8, 4) is 0 Å². The molecular weight excluding hydrogens is 365 g/mol. The molecule has 0 spiro atoms. The Morgan fingerprint density at radius 1 is 1.25 bits per heavy atom. The number of hydrogen-bond acceptors (Lipinski definition) is 2. The fourth-order valence-electron chi connectivity index (χ4n) is 2.73. The summed E-state index contributed by atoms with van der Waals surface area (Å²) >= 11 is 0. The minimum atomic E-state index is 0. The average molecular weight is 397 g/mol. The van der Waals surface area contributed by atoms with Gasteiger partial charge < -0.3 is 15.4 Å². The van der Waals surface area contributed by atoms with Crippen LogP contribution in [0.5, 0.6) is 0 Å². The van der Waals surface area contributed by atoms with Crippen LogP contribution < -0.4 is 10.6 Å². The molecule has 0 aromatic heterocycles. The highest BCUT2D eigenvalue weighted by molar-refractivity contribution is 14.0. The fourth-order valence-corrected chi connectivity index (χ4v) is 2.73. The summed E-state index contributed by atoms with van der Waals surface area (Å²) in [7, 11) is 1.72. The van der Waals surface area contributed by atoms with Crippen molar-refractivity contribution < 1.29 is 4.74 Å². The molecule has 1 saturated carbocycles. The molecule has 20 heavy (non-hydrogen) atoms. The number of rotatable bonds is 7. The first-order valence-electron chi connectivity index (χ1n) is 7.61. The Kier molecular flexibility index (Phi) is 10.6. The van der Waals surface area contributed by atoms with Gasteiger partial charge in [0.2, 0.25) is 0 Å². The number of nitrogens with one attached hydrogen (secondary N) is 2. The van der Waals surface area contributed by atoms with E-state index in [9.17, 15) is 0 Å². The molecule has 0 heterocycles. The second-order valence-corrected chi connectivity index (χ2v) is 6.08. The number of ether oxygens (including phenoxy) is 1. The standard InChI is InChI=1S/C15H31N3O.HI/c1-5-16-14(17-10-11-19-4)18-12-15(2,3)13-8-6-7-9-13;/h13H,5-12H2,1-4H3,(H2,16,17,18);1H. The molecule has 2 N–H and O–H groups in total. The number of nitrogens with zero attached hydrogens (tertiary/aromatic N) is 1. The topological polar surface area (TPSA) is 45.7 Å². The van der Waals surface area contributed by atoms with Crippen molar-refractivity contribution in [2.75, 3.05) is 33.4 Å². The summed E-state index contributed by atoms with van der Waals surface area (Å²) in [5, 5.41) is 6.59. The lowest BCUT2D eigenvalue weighted by atomic mass is 9.78. The number of hydrogen-bond donors (Lipinski definition) is 2. The van der Waals surface area contributed by atoms with Gasteiger partial charge in [0.1, 0.15) is 0 Å². The monoisotopic (exact) mass is 397 g/mol. The van der Waals surface area contributed by atoms with Crippen LogP contribution in [0.2, 0.25) is 0 Å². The van der Waals surface area contributed by atoms with Crippen molar-refractivity contribution in [2.45, 2.75) is 46.5 Å². The SMILES string of the molecule is CCNC(=NCC(C)(C)C1CCCC1)NCCOC.I. The van der Waals surface area contributed by atoms with Crippen LogP contribution >= 0.6 is 24.0 Å². The molecule has 0 aliphatic heterocycles. The summed E-state index contributed by atoms with van der Waals surface area (Å²) in [6.07, 6.45) is 5.53. The van der Waals surface area contributed by atoms with Gasteiger partial charge in [-0.2, -0.15) is 0 Å². The quantitative estimate of drug-likeness (QED) is 0.301. The van der Waals surface area contributed by atoms with Crippen molar-refractivity contribution in [1.29, 1.82) is 0 Å². The first kappa shape index (κ1) is 20.0. The number of methoxy groups -OCH3 is 1. The molecule has 0 unspecified atom stereocenters. The Morgan fingerprint density at radius 2 is 1.90 bits per heavy atom. The van der Waals surface area contributed by atoms with Crippen molar-refractivity contribution in [2.24, 2.45) is 16.3 Å². The van der Waals surface area contributed by atoms with Gasteiger partial charge in [0.15, 0.2) is 5.96 Å². The summed E-state index contributed by atoms with van der Waals surface area (Å²) in [6, 6.07) is 0. The van der Waals surface area contributed by atoms with Crippen molar-refractivity contribution >= 4 is 29.9 Å².